The molecule has 0 saturated carbocycles. The third kappa shape index (κ3) is 6.21. The Bertz CT molecular complexity index is 932. The van der Waals surface area contributed by atoms with Crippen LogP contribution in [0.3, 0.4) is 0 Å². The van der Waals surface area contributed by atoms with Gasteiger partial charge in [-0.2, -0.15) is 10.5 Å². The minimum Gasteiger partial charge on any atom is -0.198 e. The average molecular weight is 415 g/mol. The quantitative estimate of drug-likeness (QED) is 0.501. The van der Waals surface area contributed by atoms with E-state index >= 15 is 0 Å². The van der Waals surface area contributed by atoms with Gasteiger partial charge in [0.25, 0.3) is 0 Å². The molecule has 0 atom stereocenters. The maximum Gasteiger partial charge on any atom is 0.0669 e. The summed E-state index contributed by atoms with van der Waals surface area (Å²) in [5, 5.41) is 18.5. The summed E-state index contributed by atoms with van der Waals surface area (Å²) in [6.45, 7) is 17.7. The van der Waals surface area contributed by atoms with E-state index in [1.165, 1.54) is 33.4 Å². The van der Waals surface area contributed by atoms with E-state index in [2.05, 4.69) is 91.8 Å². The normalized spacial score (nSPS) is 11.8. The highest BCUT2D eigenvalue weighted by atomic mass is 14.3. The van der Waals surface area contributed by atoms with E-state index in [1.807, 2.05) is 0 Å². The van der Waals surface area contributed by atoms with Gasteiger partial charge in [0.15, 0.2) is 0 Å². The first kappa shape index (κ1) is 24.7. The average Bonchev–Trinajstić information content (AvgIpc) is 2.65. The third-order valence-electron chi connectivity index (χ3n) is 6.41. The molecule has 0 N–H and O–H groups in total. The fourth-order valence-corrected chi connectivity index (χ4v) is 4.07. The van der Waals surface area contributed by atoms with Crippen LogP contribution in [-0.2, 0) is 36.5 Å². The highest BCUT2D eigenvalue weighted by Gasteiger charge is 2.19. The molecule has 2 rings (SSSR count). The van der Waals surface area contributed by atoms with Gasteiger partial charge in [-0.3, -0.25) is 0 Å². The molecule has 2 heteroatoms. The van der Waals surface area contributed by atoms with Gasteiger partial charge in [0.1, 0.15) is 0 Å². The maximum atomic E-state index is 9.27. The highest BCUT2D eigenvalue weighted by Crippen LogP contribution is 2.30. The Hall–Kier alpha value is -2.58. The first-order chi connectivity index (χ1) is 14.4. The van der Waals surface area contributed by atoms with Gasteiger partial charge in [-0.05, 0) is 88.4 Å². The molecule has 2 aromatic carbocycles. The zero-order valence-corrected chi connectivity index (χ0v) is 20.7. The highest BCUT2D eigenvalue weighted by molar-refractivity contribution is 5.44. The number of nitriles is 2. The Kier molecular flexibility index (Phi) is 7.72. The first-order valence-corrected chi connectivity index (χ1v) is 11.4. The molecule has 164 valence electrons. The van der Waals surface area contributed by atoms with Crippen molar-refractivity contribution in [2.45, 2.75) is 98.3 Å². The molecular weight excluding hydrogens is 376 g/mol. The zero-order chi connectivity index (χ0) is 23.4. The lowest BCUT2D eigenvalue weighted by Crippen LogP contribution is -2.14. The van der Waals surface area contributed by atoms with Crippen molar-refractivity contribution in [3.05, 3.63) is 68.8 Å². The molecule has 0 amide bonds. The second-order valence-corrected chi connectivity index (χ2v) is 10.9. The molecule has 2 nitrogen and oxygen atoms in total. The van der Waals surface area contributed by atoms with Crippen molar-refractivity contribution in [1.82, 2.24) is 0 Å². The molecule has 2 aromatic rings. The van der Waals surface area contributed by atoms with E-state index in [9.17, 15) is 10.5 Å². The van der Waals surface area contributed by atoms with Crippen LogP contribution in [0.4, 0.5) is 0 Å². The SMILES string of the molecule is Cc1c(CC#N)cc(C(C)(C)C)cc1CCCc1cc(C(C)(C)C)cc(CC#N)c1C. The van der Waals surface area contributed by atoms with E-state index in [0.29, 0.717) is 12.8 Å². The van der Waals surface area contributed by atoms with Gasteiger partial charge in [-0.1, -0.05) is 65.8 Å². The van der Waals surface area contributed by atoms with Gasteiger partial charge in [-0.15, -0.1) is 0 Å². The van der Waals surface area contributed by atoms with Gasteiger partial charge in [0.2, 0.25) is 0 Å². The van der Waals surface area contributed by atoms with Crippen LogP contribution in [0, 0.1) is 36.5 Å². The molecule has 0 aliphatic carbocycles. The summed E-state index contributed by atoms with van der Waals surface area (Å²) in [5.41, 5.74) is 10.3. The Morgan fingerprint density at radius 1 is 0.613 bits per heavy atom. The van der Waals surface area contributed by atoms with Crippen molar-refractivity contribution in [2.24, 2.45) is 0 Å². The van der Waals surface area contributed by atoms with E-state index in [0.717, 1.165) is 30.4 Å². The van der Waals surface area contributed by atoms with Crippen LogP contribution in [0.25, 0.3) is 0 Å². The standard InChI is InChI=1S/C29H38N2/c1-20-22(16-26(28(3,4)5)18-24(20)12-14-30)10-9-11-23-17-27(29(6,7)8)19-25(13-15-31)21(23)2/h16-19H,9-13H2,1-8H3. The lowest BCUT2D eigenvalue weighted by molar-refractivity contribution is 0.587. The minimum absolute atomic E-state index is 0.0660. The van der Waals surface area contributed by atoms with Gasteiger partial charge in [0.05, 0.1) is 25.0 Å². The summed E-state index contributed by atoms with van der Waals surface area (Å²) in [6.07, 6.45) is 3.99. The molecule has 0 aliphatic rings. The second kappa shape index (κ2) is 9.70. The van der Waals surface area contributed by atoms with Crippen molar-refractivity contribution >= 4 is 0 Å². The smallest absolute Gasteiger partial charge is 0.0669 e. The number of hydrogen-bond donors (Lipinski definition) is 0. The largest absolute Gasteiger partial charge is 0.198 e. The summed E-state index contributed by atoms with van der Waals surface area (Å²) in [4.78, 5) is 0. The number of benzene rings is 2. The van der Waals surface area contributed by atoms with E-state index in [4.69, 9.17) is 0 Å². The minimum atomic E-state index is 0.0660. The van der Waals surface area contributed by atoms with Crippen LogP contribution in [0.1, 0.15) is 92.5 Å². The maximum absolute atomic E-state index is 9.27. The molecule has 0 aliphatic heterocycles. The lowest BCUT2D eigenvalue weighted by atomic mass is 9.81. The molecule has 0 aromatic heterocycles. The Balaban J connectivity index is 2.33. The van der Waals surface area contributed by atoms with Crippen LogP contribution >= 0.6 is 0 Å². The monoisotopic (exact) mass is 414 g/mol. The second-order valence-electron chi connectivity index (χ2n) is 10.9. The topological polar surface area (TPSA) is 47.6 Å². The molecule has 0 saturated heterocycles. The van der Waals surface area contributed by atoms with Crippen LogP contribution in [0.5, 0.6) is 0 Å². The Morgan fingerprint density at radius 3 is 1.23 bits per heavy atom. The van der Waals surface area contributed by atoms with E-state index in [-0.39, 0.29) is 10.8 Å². The van der Waals surface area contributed by atoms with Crippen LogP contribution in [-0.4, -0.2) is 0 Å². The van der Waals surface area contributed by atoms with Crippen molar-refractivity contribution in [2.75, 3.05) is 0 Å². The molecule has 31 heavy (non-hydrogen) atoms. The van der Waals surface area contributed by atoms with Crippen molar-refractivity contribution in [1.29, 1.82) is 10.5 Å². The van der Waals surface area contributed by atoms with Gasteiger partial charge < -0.3 is 0 Å². The van der Waals surface area contributed by atoms with Crippen LogP contribution in [0.15, 0.2) is 24.3 Å². The number of hydrogen-bond acceptors (Lipinski definition) is 2. The van der Waals surface area contributed by atoms with Crippen LogP contribution in [0.2, 0.25) is 0 Å². The summed E-state index contributed by atoms with van der Waals surface area (Å²) in [5.74, 6) is 0. The molecule has 0 radical (unpaired) electrons. The molecule has 0 unspecified atom stereocenters. The van der Waals surface area contributed by atoms with E-state index < -0.39 is 0 Å². The molecule has 0 fully saturated rings. The predicted octanol–water partition coefficient (Wildman–Crippen LogP) is 7.21. The van der Waals surface area contributed by atoms with E-state index in [1.54, 1.807) is 0 Å². The first-order valence-electron chi connectivity index (χ1n) is 11.4. The fraction of sp³-hybridized carbons (Fsp3) is 0.517. The summed E-state index contributed by atoms with van der Waals surface area (Å²) in [6, 6.07) is 13.8. The zero-order valence-electron chi connectivity index (χ0n) is 20.7. The van der Waals surface area contributed by atoms with Crippen molar-refractivity contribution < 1.29 is 0 Å². The molecular formula is C29H38N2. The molecule has 0 heterocycles. The van der Waals surface area contributed by atoms with Gasteiger partial charge in [-0.25, -0.2) is 0 Å². The summed E-state index contributed by atoms with van der Waals surface area (Å²) < 4.78 is 0. The van der Waals surface area contributed by atoms with Gasteiger partial charge >= 0.3 is 0 Å². The molecule has 0 bridgehead atoms. The van der Waals surface area contributed by atoms with Crippen molar-refractivity contribution in [3.8, 4) is 12.1 Å². The summed E-state index contributed by atoms with van der Waals surface area (Å²) in [7, 11) is 0. The Labute approximate surface area is 189 Å². The van der Waals surface area contributed by atoms with Gasteiger partial charge in [0, 0.05) is 0 Å². The number of aryl methyl sites for hydroxylation is 2. The third-order valence-corrected chi connectivity index (χ3v) is 6.41. The fourth-order valence-electron chi connectivity index (χ4n) is 4.07. The predicted molar refractivity (Wildman–Crippen MR) is 130 cm³/mol. The van der Waals surface area contributed by atoms with Crippen molar-refractivity contribution in [3.63, 3.8) is 0 Å². The number of rotatable bonds is 6. The summed E-state index contributed by atoms with van der Waals surface area (Å²) >= 11 is 0. The Morgan fingerprint density at radius 2 is 0.935 bits per heavy atom. The molecule has 0 spiro atoms. The number of nitrogens with zero attached hydrogens (tertiary/aromatic N) is 2. The lowest BCUT2D eigenvalue weighted by Gasteiger charge is -2.24. The van der Waals surface area contributed by atoms with Crippen LogP contribution < -0.4 is 0 Å².